The Hall–Kier alpha value is -2.81. The molecule has 0 aliphatic carbocycles. The van der Waals surface area contributed by atoms with Crippen LogP contribution >= 0.6 is 11.8 Å². The average Bonchev–Trinajstić information content (AvgIpc) is 3.22. The van der Waals surface area contributed by atoms with Gasteiger partial charge in [-0.25, -0.2) is 0 Å². The Morgan fingerprint density at radius 1 is 1.11 bits per heavy atom. The molecule has 0 saturated carbocycles. The van der Waals surface area contributed by atoms with Gasteiger partial charge in [0.05, 0.1) is 22.0 Å². The maximum Gasteiger partial charge on any atom is 0.269 e. The van der Waals surface area contributed by atoms with E-state index in [1.54, 1.807) is 28.0 Å². The molecule has 142 valence electrons. The van der Waals surface area contributed by atoms with Crippen LogP contribution in [0.3, 0.4) is 0 Å². The van der Waals surface area contributed by atoms with Crippen LogP contribution in [0.2, 0.25) is 0 Å². The van der Waals surface area contributed by atoms with E-state index >= 15 is 0 Å². The number of thioether (sulfide) groups is 1. The Morgan fingerprint density at radius 3 is 2.30 bits per heavy atom. The lowest BCUT2D eigenvalue weighted by Crippen LogP contribution is -2.52. The van der Waals surface area contributed by atoms with Gasteiger partial charge in [0.15, 0.2) is 0 Å². The molecule has 3 rings (SSSR count). The molecule has 0 radical (unpaired) electrons. The maximum absolute atomic E-state index is 12.7. The monoisotopic (exact) mass is 389 g/mol. The van der Waals surface area contributed by atoms with Crippen LogP contribution in [-0.2, 0) is 4.79 Å². The highest BCUT2D eigenvalue weighted by molar-refractivity contribution is 8.00. The SMILES string of the molecule is CC(Sc1ccc([N+](=O)[O-])cc1)C(=O)N1CCN(C(=O)c2ccoc2)CC1. The van der Waals surface area contributed by atoms with Gasteiger partial charge in [-0.1, -0.05) is 0 Å². The molecule has 1 fully saturated rings. The molecule has 0 bridgehead atoms. The zero-order valence-corrected chi connectivity index (χ0v) is 15.6. The van der Waals surface area contributed by atoms with E-state index in [2.05, 4.69) is 0 Å². The van der Waals surface area contributed by atoms with Crippen LogP contribution in [0.15, 0.2) is 52.2 Å². The van der Waals surface area contributed by atoms with Crippen molar-refractivity contribution in [1.82, 2.24) is 9.80 Å². The molecule has 1 atom stereocenters. The van der Waals surface area contributed by atoms with Gasteiger partial charge in [-0.3, -0.25) is 19.7 Å². The highest BCUT2D eigenvalue weighted by Gasteiger charge is 2.28. The van der Waals surface area contributed by atoms with Crippen molar-refractivity contribution in [2.75, 3.05) is 26.2 Å². The normalized spacial score (nSPS) is 15.4. The third-order valence-corrected chi connectivity index (χ3v) is 5.45. The zero-order valence-electron chi connectivity index (χ0n) is 14.7. The van der Waals surface area contributed by atoms with Gasteiger partial charge < -0.3 is 14.2 Å². The van der Waals surface area contributed by atoms with E-state index in [1.165, 1.54) is 36.4 Å². The number of nitrogens with zero attached hydrogens (tertiary/aromatic N) is 3. The van der Waals surface area contributed by atoms with E-state index in [0.29, 0.717) is 31.7 Å². The number of hydrogen-bond acceptors (Lipinski definition) is 6. The quantitative estimate of drug-likeness (QED) is 0.443. The first-order valence-corrected chi connectivity index (χ1v) is 9.35. The molecule has 1 aliphatic rings. The minimum absolute atomic E-state index is 0.00578. The summed E-state index contributed by atoms with van der Waals surface area (Å²) in [5.41, 5.74) is 0.536. The number of nitro benzene ring substituents is 1. The Bertz CT molecular complexity index is 814. The van der Waals surface area contributed by atoms with Crippen LogP contribution in [0.4, 0.5) is 5.69 Å². The van der Waals surface area contributed by atoms with E-state index in [4.69, 9.17) is 4.42 Å². The zero-order chi connectivity index (χ0) is 19.4. The summed E-state index contributed by atoms with van der Waals surface area (Å²) in [6, 6.07) is 7.78. The third-order valence-electron chi connectivity index (χ3n) is 4.35. The fourth-order valence-corrected chi connectivity index (χ4v) is 3.81. The maximum atomic E-state index is 12.7. The Labute approximate surface area is 160 Å². The van der Waals surface area contributed by atoms with Crippen molar-refractivity contribution in [3.05, 3.63) is 58.5 Å². The first kappa shape index (κ1) is 19.0. The summed E-state index contributed by atoms with van der Waals surface area (Å²) in [5, 5.41) is 10.4. The standard InChI is InChI=1S/C18H19N3O5S/c1-13(27-16-4-2-15(3-5-16)21(24)25)17(22)19-7-9-20(10-8-19)18(23)14-6-11-26-12-14/h2-6,11-13H,7-10H2,1H3. The number of hydrogen-bond donors (Lipinski definition) is 0. The number of benzene rings is 1. The summed E-state index contributed by atoms with van der Waals surface area (Å²) >= 11 is 1.36. The number of piperazine rings is 1. The fraction of sp³-hybridized carbons (Fsp3) is 0.333. The number of rotatable bonds is 5. The minimum atomic E-state index is -0.451. The van der Waals surface area contributed by atoms with Crippen LogP contribution in [0.5, 0.6) is 0 Å². The minimum Gasteiger partial charge on any atom is -0.472 e. The molecule has 2 aromatic rings. The van der Waals surface area contributed by atoms with Crippen LogP contribution in [0.1, 0.15) is 17.3 Å². The second kappa shape index (κ2) is 8.26. The molecule has 9 heteroatoms. The van der Waals surface area contributed by atoms with Gasteiger partial charge in [0.2, 0.25) is 5.91 Å². The molecule has 1 aromatic heterocycles. The molecule has 8 nitrogen and oxygen atoms in total. The van der Waals surface area contributed by atoms with Gasteiger partial charge >= 0.3 is 0 Å². The van der Waals surface area contributed by atoms with Crippen LogP contribution in [-0.4, -0.2) is 58.0 Å². The van der Waals surface area contributed by atoms with Gasteiger partial charge in [-0.05, 0) is 25.1 Å². The van der Waals surface area contributed by atoms with Crippen LogP contribution in [0, 0.1) is 10.1 Å². The van der Waals surface area contributed by atoms with Crippen molar-refractivity contribution in [2.45, 2.75) is 17.1 Å². The fourth-order valence-electron chi connectivity index (χ4n) is 2.86. The molecule has 0 N–H and O–H groups in total. The number of carbonyl (C=O) groups is 2. The Balaban J connectivity index is 1.52. The first-order chi connectivity index (χ1) is 13.0. The number of nitro groups is 1. The highest BCUT2D eigenvalue weighted by Crippen LogP contribution is 2.26. The largest absolute Gasteiger partial charge is 0.472 e. The summed E-state index contributed by atoms with van der Waals surface area (Å²) < 4.78 is 4.94. The molecule has 2 heterocycles. The van der Waals surface area contributed by atoms with Crippen molar-refractivity contribution in [3.8, 4) is 0 Å². The predicted molar refractivity (Wildman–Crippen MR) is 99.6 cm³/mol. The highest BCUT2D eigenvalue weighted by atomic mass is 32.2. The van der Waals surface area contributed by atoms with Gasteiger partial charge in [-0.2, -0.15) is 0 Å². The summed E-state index contributed by atoms with van der Waals surface area (Å²) in [7, 11) is 0. The van der Waals surface area contributed by atoms with Crippen molar-refractivity contribution >= 4 is 29.3 Å². The molecular formula is C18H19N3O5S. The van der Waals surface area contributed by atoms with Gasteiger partial charge in [0, 0.05) is 43.2 Å². The molecular weight excluding hydrogens is 370 g/mol. The van der Waals surface area contributed by atoms with Crippen molar-refractivity contribution in [1.29, 1.82) is 0 Å². The first-order valence-electron chi connectivity index (χ1n) is 8.47. The van der Waals surface area contributed by atoms with Crippen LogP contribution < -0.4 is 0 Å². The molecule has 27 heavy (non-hydrogen) atoms. The van der Waals surface area contributed by atoms with E-state index in [0.717, 1.165) is 4.90 Å². The van der Waals surface area contributed by atoms with E-state index in [-0.39, 0.29) is 22.8 Å². The number of amides is 2. The van der Waals surface area contributed by atoms with E-state index in [9.17, 15) is 19.7 Å². The molecule has 1 saturated heterocycles. The third kappa shape index (κ3) is 4.48. The van der Waals surface area contributed by atoms with Gasteiger partial charge in [0.1, 0.15) is 6.26 Å². The topological polar surface area (TPSA) is 96.9 Å². The molecule has 0 spiro atoms. The molecule has 1 aromatic carbocycles. The average molecular weight is 389 g/mol. The number of carbonyl (C=O) groups excluding carboxylic acids is 2. The predicted octanol–water partition coefficient (Wildman–Crippen LogP) is 2.65. The smallest absolute Gasteiger partial charge is 0.269 e. The van der Waals surface area contributed by atoms with Crippen molar-refractivity contribution < 1.29 is 18.9 Å². The summed E-state index contributed by atoms with van der Waals surface area (Å²) in [6.45, 7) is 3.73. The Kier molecular flexibility index (Phi) is 5.80. The van der Waals surface area contributed by atoms with Crippen molar-refractivity contribution in [2.24, 2.45) is 0 Å². The molecule has 1 aliphatic heterocycles. The van der Waals surface area contributed by atoms with Crippen LogP contribution in [0.25, 0.3) is 0 Å². The number of furan rings is 1. The second-order valence-electron chi connectivity index (χ2n) is 6.14. The van der Waals surface area contributed by atoms with Gasteiger partial charge in [-0.15, -0.1) is 11.8 Å². The summed E-state index contributed by atoms with van der Waals surface area (Å²) in [6.07, 6.45) is 2.88. The van der Waals surface area contributed by atoms with Crippen molar-refractivity contribution in [3.63, 3.8) is 0 Å². The molecule has 2 amide bonds. The van der Waals surface area contributed by atoms with E-state index in [1.807, 2.05) is 6.92 Å². The summed E-state index contributed by atoms with van der Waals surface area (Å²) in [5.74, 6) is -0.0992. The molecule has 1 unspecified atom stereocenters. The van der Waals surface area contributed by atoms with Gasteiger partial charge in [0.25, 0.3) is 11.6 Å². The lowest BCUT2D eigenvalue weighted by atomic mass is 10.2. The second-order valence-corrected chi connectivity index (χ2v) is 7.55. The lowest BCUT2D eigenvalue weighted by molar-refractivity contribution is -0.384. The number of non-ortho nitro benzene ring substituents is 1. The lowest BCUT2D eigenvalue weighted by Gasteiger charge is -2.35. The summed E-state index contributed by atoms with van der Waals surface area (Å²) in [4.78, 5) is 39.5. The Morgan fingerprint density at radius 2 is 1.74 bits per heavy atom. The van der Waals surface area contributed by atoms with E-state index < -0.39 is 4.92 Å².